The Bertz CT molecular complexity index is 1750. The molecule has 2 amide bonds. The van der Waals surface area contributed by atoms with Gasteiger partial charge >= 0.3 is 12.3 Å². The number of aromatic amines is 1. The second kappa shape index (κ2) is 15.3. The number of aromatic nitrogens is 2. The van der Waals surface area contributed by atoms with Crippen LogP contribution < -0.4 is 16.4 Å². The number of aliphatic hydroxyl groups excluding tert-OH is 1. The normalized spacial score (nSPS) is 15.6. The first-order valence-corrected chi connectivity index (χ1v) is 15.5. The van der Waals surface area contributed by atoms with E-state index in [1.165, 1.54) is 31.6 Å². The van der Waals surface area contributed by atoms with Gasteiger partial charge < -0.3 is 31.3 Å². The fourth-order valence-corrected chi connectivity index (χ4v) is 5.03. The van der Waals surface area contributed by atoms with Gasteiger partial charge in [0.15, 0.2) is 5.96 Å². The quantitative estimate of drug-likeness (QED) is 0.102. The Kier molecular flexibility index (Phi) is 11.5. The number of guanidine groups is 1. The minimum absolute atomic E-state index is 0.0764. The molecule has 4 rings (SSSR count). The van der Waals surface area contributed by atoms with Gasteiger partial charge in [0.2, 0.25) is 0 Å². The first-order chi connectivity index (χ1) is 23.4. The molecule has 2 aromatic carbocycles. The molecule has 1 aliphatic rings. The summed E-state index contributed by atoms with van der Waals surface area (Å²) < 4.78 is 46.2. The molecule has 1 atom stereocenters. The number of carbonyl (C=O) groups is 2. The van der Waals surface area contributed by atoms with Gasteiger partial charge in [0, 0.05) is 29.9 Å². The molecular formula is C32H37ClF3N9O5. The van der Waals surface area contributed by atoms with Crippen LogP contribution in [-0.4, -0.2) is 92.8 Å². The van der Waals surface area contributed by atoms with E-state index in [0.717, 1.165) is 16.0 Å². The predicted octanol–water partition coefficient (Wildman–Crippen LogP) is 4.11. The lowest BCUT2D eigenvalue weighted by Gasteiger charge is -2.33. The van der Waals surface area contributed by atoms with Crippen LogP contribution in [0.3, 0.4) is 0 Å². The summed E-state index contributed by atoms with van der Waals surface area (Å²) >= 11 is 6.49. The Balaban J connectivity index is 1.83. The molecule has 0 aliphatic heterocycles. The molecule has 1 aliphatic carbocycles. The number of benzene rings is 2. The first kappa shape index (κ1) is 37.8. The SMILES string of the molecule is CN=CN/C(=N/C(O)O)c1cc(C(COC(=O)NC2(C(F)(F)F)CC2)N(C(=O)c2ccc(-c3cn[nH]c3)cc2)C(N)=NC(C)(C)C)ccc1Cl. The van der Waals surface area contributed by atoms with Crippen LogP contribution in [0, 0.1) is 0 Å². The zero-order chi connectivity index (χ0) is 36.9. The van der Waals surface area contributed by atoms with E-state index in [1.807, 2.05) is 5.32 Å². The Morgan fingerprint density at radius 1 is 1.16 bits per heavy atom. The summed E-state index contributed by atoms with van der Waals surface area (Å²) in [5.41, 5.74) is 5.26. The number of nitrogens with zero attached hydrogens (tertiary/aromatic N) is 5. The van der Waals surface area contributed by atoms with Gasteiger partial charge in [-0.25, -0.2) is 14.8 Å². The molecule has 1 aromatic heterocycles. The molecule has 1 saturated carbocycles. The summed E-state index contributed by atoms with van der Waals surface area (Å²) in [6.07, 6.45) is -4.37. The second-order valence-corrected chi connectivity index (χ2v) is 12.7. The third kappa shape index (κ3) is 9.36. The number of alkyl halides is 3. The fraction of sp³-hybridized carbons (Fsp3) is 0.375. The zero-order valence-electron chi connectivity index (χ0n) is 27.5. The van der Waals surface area contributed by atoms with Gasteiger partial charge in [-0.1, -0.05) is 29.8 Å². The molecule has 0 radical (unpaired) electrons. The molecule has 0 saturated heterocycles. The number of hydrogen-bond donors (Lipinski definition) is 6. The number of rotatable bonds is 10. The number of hydrogen-bond acceptors (Lipinski definition) is 9. The van der Waals surface area contributed by atoms with Gasteiger partial charge in [-0.05, 0) is 69.0 Å². The van der Waals surface area contributed by atoms with Crippen molar-refractivity contribution in [3.63, 3.8) is 0 Å². The van der Waals surface area contributed by atoms with Crippen LogP contribution in [0.1, 0.15) is 61.1 Å². The van der Waals surface area contributed by atoms with E-state index in [-0.39, 0.29) is 46.3 Å². The predicted molar refractivity (Wildman–Crippen MR) is 181 cm³/mol. The Labute approximate surface area is 290 Å². The van der Waals surface area contributed by atoms with Crippen molar-refractivity contribution < 1.29 is 37.7 Å². The van der Waals surface area contributed by atoms with Gasteiger partial charge in [-0.3, -0.25) is 19.8 Å². The van der Waals surface area contributed by atoms with Crippen LogP contribution >= 0.6 is 11.6 Å². The lowest BCUT2D eigenvalue weighted by Crippen LogP contribution is -2.50. The number of ether oxygens (including phenoxy) is 1. The number of amidine groups is 1. The summed E-state index contributed by atoms with van der Waals surface area (Å²) in [4.78, 5) is 40.3. The summed E-state index contributed by atoms with van der Waals surface area (Å²) in [5, 5.41) is 30.5. The van der Waals surface area contributed by atoms with Crippen LogP contribution in [0.15, 0.2) is 69.8 Å². The minimum Gasteiger partial charge on any atom is -0.447 e. The fourth-order valence-electron chi connectivity index (χ4n) is 4.82. The van der Waals surface area contributed by atoms with E-state index in [0.29, 0.717) is 0 Å². The maximum absolute atomic E-state index is 14.4. The summed E-state index contributed by atoms with van der Waals surface area (Å²) in [6, 6.07) is 9.44. The molecule has 3 aromatic rings. The molecule has 7 N–H and O–H groups in total. The molecule has 18 heteroatoms. The highest BCUT2D eigenvalue weighted by Gasteiger charge is 2.64. The van der Waals surface area contributed by atoms with Gasteiger partial charge in [-0.2, -0.15) is 18.3 Å². The van der Waals surface area contributed by atoms with Crippen molar-refractivity contribution in [2.75, 3.05) is 13.7 Å². The lowest BCUT2D eigenvalue weighted by atomic mass is 10.0. The number of alkyl carbamates (subject to hydrolysis) is 1. The highest BCUT2D eigenvalue weighted by molar-refractivity contribution is 6.34. The maximum atomic E-state index is 14.4. The first-order valence-electron chi connectivity index (χ1n) is 15.2. The van der Waals surface area contributed by atoms with Crippen LogP contribution in [0.2, 0.25) is 5.02 Å². The summed E-state index contributed by atoms with van der Waals surface area (Å²) in [6.45, 7) is 4.51. The molecule has 268 valence electrons. The summed E-state index contributed by atoms with van der Waals surface area (Å²) in [5.74, 6) is -1.12. The largest absolute Gasteiger partial charge is 0.447 e. The van der Waals surface area contributed by atoms with E-state index in [4.69, 9.17) is 22.1 Å². The van der Waals surface area contributed by atoms with Gasteiger partial charge in [0.1, 0.15) is 18.0 Å². The van der Waals surface area contributed by atoms with E-state index >= 15 is 0 Å². The molecule has 1 heterocycles. The Morgan fingerprint density at radius 3 is 2.38 bits per heavy atom. The molecular weight excluding hydrogens is 683 g/mol. The van der Waals surface area contributed by atoms with Gasteiger partial charge in [0.25, 0.3) is 12.3 Å². The third-order valence-corrected chi connectivity index (χ3v) is 7.73. The van der Waals surface area contributed by atoms with Gasteiger partial charge in [-0.15, -0.1) is 0 Å². The molecule has 14 nitrogen and oxygen atoms in total. The topological polar surface area (TPSA) is 203 Å². The highest BCUT2D eigenvalue weighted by Crippen LogP contribution is 2.49. The standard InChI is InChI=1S/C32H37ClF3N9O5/c1-30(2,3)43-27(37)45(26(46)19-7-5-18(6-8-19)21-14-40-41-15-21)24(16-50-29(49)44-31(11-12-31)32(34,35)36)20-9-10-23(33)22(13-20)25(39-17-38-4)42-28(47)48/h5-10,13-15,17,24,28,47-48H,11-12,16H2,1-4H3,(H2,37,43)(H,40,41)(H,44,49)(H,38,39,42). The van der Waals surface area contributed by atoms with Crippen molar-refractivity contribution >= 4 is 41.7 Å². The van der Waals surface area contributed by atoms with Crippen molar-refractivity contribution in [1.29, 1.82) is 0 Å². The number of amides is 2. The monoisotopic (exact) mass is 719 g/mol. The van der Waals surface area contributed by atoms with Crippen molar-refractivity contribution in [3.05, 3.63) is 76.6 Å². The molecule has 0 spiro atoms. The molecule has 50 heavy (non-hydrogen) atoms. The third-order valence-electron chi connectivity index (χ3n) is 7.40. The number of nitrogens with one attached hydrogen (secondary N) is 3. The lowest BCUT2D eigenvalue weighted by molar-refractivity contribution is -0.164. The van der Waals surface area contributed by atoms with Crippen LogP contribution in [0.25, 0.3) is 11.1 Å². The van der Waals surface area contributed by atoms with Crippen molar-refractivity contribution in [3.8, 4) is 11.1 Å². The summed E-state index contributed by atoms with van der Waals surface area (Å²) in [7, 11) is 1.45. The number of aliphatic imine (C=N–C) groups is 3. The maximum Gasteiger partial charge on any atom is 0.411 e. The molecule has 1 unspecified atom stereocenters. The molecule has 1 fully saturated rings. The Morgan fingerprint density at radius 2 is 1.84 bits per heavy atom. The van der Waals surface area contributed by atoms with E-state index in [1.54, 1.807) is 57.4 Å². The van der Waals surface area contributed by atoms with E-state index < -0.39 is 48.3 Å². The van der Waals surface area contributed by atoms with Crippen LogP contribution in [0.4, 0.5) is 18.0 Å². The number of nitrogens with two attached hydrogens (primary N) is 1. The highest BCUT2D eigenvalue weighted by atomic mass is 35.5. The minimum atomic E-state index is -4.70. The number of carbonyl (C=O) groups excluding carboxylic acids is 2. The Hall–Kier alpha value is -5.00. The van der Waals surface area contributed by atoms with Crippen LogP contribution in [0.5, 0.6) is 0 Å². The van der Waals surface area contributed by atoms with Gasteiger partial charge in [0.05, 0.1) is 29.1 Å². The van der Waals surface area contributed by atoms with Crippen molar-refractivity contribution in [2.45, 2.75) is 63.3 Å². The number of aliphatic hydroxyl groups is 2. The molecule has 0 bridgehead atoms. The second-order valence-electron chi connectivity index (χ2n) is 12.3. The van der Waals surface area contributed by atoms with Crippen molar-refractivity contribution in [2.24, 2.45) is 20.7 Å². The average Bonchev–Trinajstić information content (AvgIpc) is 3.62. The van der Waals surface area contributed by atoms with E-state index in [9.17, 15) is 33.0 Å². The van der Waals surface area contributed by atoms with Crippen LogP contribution in [-0.2, 0) is 4.74 Å². The van der Waals surface area contributed by atoms with Crippen molar-refractivity contribution in [1.82, 2.24) is 25.7 Å². The number of H-pyrrole nitrogens is 1. The van der Waals surface area contributed by atoms with E-state index in [2.05, 4.69) is 30.5 Å². The smallest absolute Gasteiger partial charge is 0.411 e. The number of halogens is 4. The zero-order valence-corrected chi connectivity index (χ0v) is 28.2. The average molecular weight is 720 g/mol.